The van der Waals surface area contributed by atoms with Crippen LogP contribution in [0, 0.1) is 0 Å². The summed E-state index contributed by atoms with van der Waals surface area (Å²) in [7, 11) is 0. The van der Waals surface area contributed by atoms with Crippen molar-refractivity contribution in [2.75, 3.05) is 26.2 Å². The highest BCUT2D eigenvalue weighted by atomic mass is 16.2. The van der Waals surface area contributed by atoms with Crippen molar-refractivity contribution >= 4 is 11.8 Å². The monoisotopic (exact) mass is 227 g/mol. The minimum Gasteiger partial charge on any atom is -0.355 e. The molecule has 1 aliphatic heterocycles. The first-order valence-corrected chi connectivity index (χ1v) is 5.95. The quantitative estimate of drug-likeness (QED) is 0.679. The first-order chi connectivity index (χ1) is 7.67. The Morgan fingerprint density at radius 2 is 2.19 bits per heavy atom. The van der Waals surface area contributed by atoms with Gasteiger partial charge >= 0.3 is 0 Å². The van der Waals surface area contributed by atoms with Gasteiger partial charge in [-0.2, -0.15) is 0 Å². The number of piperidine rings is 1. The molecule has 1 rings (SSSR count). The molecule has 0 saturated carbocycles. The maximum absolute atomic E-state index is 11.7. The number of nitrogens with zero attached hydrogens (tertiary/aromatic N) is 1. The third kappa shape index (κ3) is 3.81. The van der Waals surface area contributed by atoms with Crippen molar-refractivity contribution in [1.82, 2.24) is 15.5 Å². The highest BCUT2D eigenvalue weighted by Gasteiger charge is 2.18. The van der Waals surface area contributed by atoms with Crippen molar-refractivity contribution in [3.05, 3.63) is 0 Å². The molecule has 0 spiro atoms. The Hall–Kier alpha value is -1.10. The Kier molecular flexibility index (Phi) is 5.25. The predicted molar refractivity (Wildman–Crippen MR) is 62.0 cm³/mol. The normalized spacial score (nSPS) is 20.4. The van der Waals surface area contributed by atoms with Gasteiger partial charge in [-0.3, -0.25) is 9.59 Å². The molecule has 0 aromatic rings. The van der Waals surface area contributed by atoms with Crippen LogP contribution in [-0.4, -0.2) is 48.9 Å². The van der Waals surface area contributed by atoms with E-state index in [1.807, 2.05) is 13.8 Å². The maximum Gasteiger partial charge on any atom is 0.236 e. The summed E-state index contributed by atoms with van der Waals surface area (Å²) in [6.45, 7) is 6.44. The van der Waals surface area contributed by atoms with Crippen molar-refractivity contribution in [1.29, 1.82) is 0 Å². The summed E-state index contributed by atoms with van der Waals surface area (Å²) in [5.74, 6) is 0.231. The number of carbonyl (C=O) groups is 2. The molecular formula is C11H21N3O2. The van der Waals surface area contributed by atoms with Crippen molar-refractivity contribution in [3.8, 4) is 0 Å². The van der Waals surface area contributed by atoms with Gasteiger partial charge in [0.2, 0.25) is 11.8 Å². The van der Waals surface area contributed by atoms with Gasteiger partial charge in [-0.15, -0.1) is 0 Å². The number of nitrogens with one attached hydrogen (secondary N) is 2. The Bertz CT molecular complexity index is 242. The van der Waals surface area contributed by atoms with Gasteiger partial charge in [0.25, 0.3) is 0 Å². The zero-order valence-corrected chi connectivity index (χ0v) is 10.1. The van der Waals surface area contributed by atoms with Gasteiger partial charge in [-0.1, -0.05) is 0 Å². The number of hydrogen-bond donors (Lipinski definition) is 2. The lowest BCUT2D eigenvalue weighted by Crippen LogP contribution is -2.49. The summed E-state index contributed by atoms with van der Waals surface area (Å²) in [6, 6.07) is 0.234. The number of hydrogen-bond acceptors (Lipinski definition) is 3. The fourth-order valence-corrected chi connectivity index (χ4v) is 1.83. The van der Waals surface area contributed by atoms with Crippen LogP contribution in [-0.2, 0) is 9.59 Å². The molecule has 0 aromatic carbocycles. The molecule has 0 aliphatic carbocycles. The van der Waals surface area contributed by atoms with Crippen LogP contribution in [0.25, 0.3) is 0 Å². The second-order valence-electron chi connectivity index (χ2n) is 3.99. The van der Waals surface area contributed by atoms with Crippen LogP contribution in [0.4, 0.5) is 0 Å². The minimum atomic E-state index is 0.105. The molecule has 0 aromatic heterocycles. The second kappa shape index (κ2) is 6.48. The summed E-state index contributed by atoms with van der Waals surface area (Å²) >= 11 is 0. The largest absolute Gasteiger partial charge is 0.355 e. The lowest BCUT2D eigenvalue weighted by atomic mass is 10.1. The molecule has 5 nitrogen and oxygen atoms in total. The molecule has 0 bridgehead atoms. The van der Waals surface area contributed by atoms with Gasteiger partial charge in [-0.25, -0.2) is 0 Å². The van der Waals surface area contributed by atoms with Crippen molar-refractivity contribution < 1.29 is 9.59 Å². The molecule has 1 atom stereocenters. The zero-order valence-electron chi connectivity index (χ0n) is 10.1. The summed E-state index contributed by atoms with van der Waals surface area (Å²) in [6.07, 6.45) is 1.37. The Labute approximate surface area is 96.6 Å². The highest BCUT2D eigenvalue weighted by Crippen LogP contribution is 2.02. The molecule has 1 heterocycles. The second-order valence-corrected chi connectivity index (χ2v) is 3.99. The fraction of sp³-hybridized carbons (Fsp3) is 0.818. The van der Waals surface area contributed by atoms with Crippen LogP contribution in [0.5, 0.6) is 0 Å². The summed E-state index contributed by atoms with van der Waals surface area (Å²) in [5, 5.41) is 5.97. The minimum absolute atomic E-state index is 0.105. The first-order valence-electron chi connectivity index (χ1n) is 5.95. The van der Waals surface area contributed by atoms with Gasteiger partial charge in [0.15, 0.2) is 0 Å². The van der Waals surface area contributed by atoms with E-state index >= 15 is 0 Å². The van der Waals surface area contributed by atoms with Crippen LogP contribution < -0.4 is 10.6 Å². The van der Waals surface area contributed by atoms with E-state index in [1.54, 1.807) is 4.90 Å². The van der Waals surface area contributed by atoms with E-state index in [1.165, 1.54) is 0 Å². The summed E-state index contributed by atoms with van der Waals surface area (Å²) in [5.41, 5.74) is 0. The van der Waals surface area contributed by atoms with Crippen LogP contribution in [0.2, 0.25) is 0 Å². The number of likely N-dealkylation sites (N-methyl/N-ethyl adjacent to an activating group) is 1. The standard InChI is InChI=1S/C11H21N3O2/c1-3-14(4-2)11(16)8-12-9-5-6-10(15)13-7-9/h9,12H,3-8H2,1-2H3,(H,13,15). The smallest absolute Gasteiger partial charge is 0.236 e. The number of carbonyl (C=O) groups excluding carboxylic acids is 2. The Morgan fingerprint density at radius 1 is 1.50 bits per heavy atom. The van der Waals surface area contributed by atoms with E-state index in [4.69, 9.17) is 0 Å². The average molecular weight is 227 g/mol. The van der Waals surface area contributed by atoms with E-state index in [-0.39, 0.29) is 17.9 Å². The van der Waals surface area contributed by atoms with E-state index in [0.29, 0.717) is 19.5 Å². The van der Waals surface area contributed by atoms with Gasteiger partial charge in [-0.05, 0) is 20.3 Å². The maximum atomic E-state index is 11.7. The number of amides is 2. The van der Waals surface area contributed by atoms with Crippen molar-refractivity contribution in [2.45, 2.75) is 32.7 Å². The van der Waals surface area contributed by atoms with Gasteiger partial charge in [0.05, 0.1) is 6.54 Å². The zero-order chi connectivity index (χ0) is 12.0. The molecule has 1 unspecified atom stereocenters. The summed E-state index contributed by atoms with van der Waals surface area (Å²) < 4.78 is 0. The van der Waals surface area contributed by atoms with Gasteiger partial charge in [0.1, 0.15) is 0 Å². The third-order valence-corrected chi connectivity index (χ3v) is 2.92. The molecule has 92 valence electrons. The lowest BCUT2D eigenvalue weighted by Gasteiger charge is -2.25. The molecule has 2 N–H and O–H groups in total. The molecule has 1 aliphatic rings. The van der Waals surface area contributed by atoms with Crippen LogP contribution in [0.1, 0.15) is 26.7 Å². The molecule has 2 amide bonds. The van der Waals surface area contributed by atoms with Crippen LogP contribution >= 0.6 is 0 Å². The lowest BCUT2D eigenvalue weighted by molar-refractivity contribution is -0.130. The van der Waals surface area contributed by atoms with Crippen molar-refractivity contribution in [3.63, 3.8) is 0 Å². The highest BCUT2D eigenvalue weighted by molar-refractivity contribution is 5.78. The van der Waals surface area contributed by atoms with Crippen LogP contribution in [0.15, 0.2) is 0 Å². The molecule has 1 saturated heterocycles. The van der Waals surface area contributed by atoms with E-state index < -0.39 is 0 Å². The Balaban J connectivity index is 2.23. The van der Waals surface area contributed by atoms with Gasteiger partial charge < -0.3 is 15.5 Å². The van der Waals surface area contributed by atoms with Crippen molar-refractivity contribution in [2.24, 2.45) is 0 Å². The number of rotatable bonds is 5. The molecular weight excluding hydrogens is 206 g/mol. The third-order valence-electron chi connectivity index (χ3n) is 2.92. The molecule has 5 heteroatoms. The molecule has 0 radical (unpaired) electrons. The SMILES string of the molecule is CCN(CC)C(=O)CNC1CCC(=O)NC1. The first kappa shape index (κ1) is 13.0. The molecule has 16 heavy (non-hydrogen) atoms. The average Bonchev–Trinajstić information content (AvgIpc) is 2.30. The fourth-order valence-electron chi connectivity index (χ4n) is 1.83. The Morgan fingerprint density at radius 3 is 2.69 bits per heavy atom. The topological polar surface area (TPSA) is 61.4 Å². The van der Waals surface area contributed by atoms with Gasteiger partial charge in [0, 0.05) is 32.1 Å². The predicted octanol–water partition coefficient (Wildman–Crippen LogP) is -0.277. The molecule has 1 fully saturated rings. The van der Waals surface area contributed by atoms with E-state index in [9.17, 15) is 9.59 Å². The van der Waals surface area contributed by atoms with Crippen LogP contribution in [0.3, 0.4) is 0 Å². The van der Waals surface area contributed by atoms with E-state index in [2.05, 4.69) is 10.6 Å². The summed E-state index contributed by atoms with van der Waals surface area (Å²) in [4.78, 5) is 24.4. The van der Waals surface area contributed by atoms with E-state index in [0.717, 1.165) is 19.5 Å².